The van der Waals surface area contributed by atoms with Gasteiger partial charge in [0.1, 0.15) is 11.5 Å². The van der Waals surface area contributed by atoms with Crippen LogP contribution in [-0.2, 0) is 0 Å². The van der Waals surface area contributed by atoms with Gasteiger partial charge in [-0.25, -0.2) is 0 Å². The molecule has 0 aliphatic carbocycles. The van der Waals surface area contributed by atoms with Gasteiger partial charge >= 0.3 is 0 Å². The highest BCUT2D eigenvalue weighted by Crippen LogP contribution is 2.18. The minimum atomic E-state index is 0.274. The van der Waals surface area contributed by atoms with Gasteiger partial charge in [-0.2, -0.15) is 0 Å². The van der Waals surface area contributed by atoms with Crippen molar-refractivity contribution in [1.82, 2.24) is 0 Å². The molecule has 0 bridgehead atoms. The molecule has 0 fully saturated rings. The minimum Gasteiger partial charge on any atom is -0.508 e. The molecule has 0 saturated carbocycles. The van der Waals surface area contributed by atoms with Crippen LogP contribution in [0.25, 0.3) is 0 Å². The summed E-state index contributed by atoms with van der Waals surface area (Å²) in [5.41, 5.74) is 0. The Labute approximate surface area is 181 Å². The molecule has 0 spiro atoms. The van der Waals surface area contributed by atoms with Crippen LogP contribution in [0, 0.1) is 0 Å². The summed E-state index contributed by atoms with van der Waals surface area (Å²) in [4.78, 5) is 0. The van der Waals surface area contributed by atoms with E-state index < -0.39 is 0 Å². The van der Waals surface area contributed by atoms with Gasteiger partial charge in [-0.3, -0.25) is 0 Å². The van der Waals surface area contributed by atoms with Gasteiger partial charge < -0.3 is 9.84 Å². The average Bonchev–Trinajstić information content (AvgIpc) is 2.72. The summed E-state index contributed by atoms with van der Waals surface area (Å²) in [7, 11) is 0. The Kier molecular flexibility index (Phi) is 17.9. The second-order valence-electron chi connectivity index (χ2n) is 8.71. The van der Waals surface area contributed by atoms with E-state index >= 15 is 0 Å². The SMILES string of the molecule is CCCCCCCCCCCCCCCCCCCCCOc1cccc(O)c1. The fourth-order valence-corrected chi connectivity index (χ4v) is 3.94. The number of unbranched alkanes of at least 4 members (excludes halogenated alkanes) is 18. The number of ether oxygens (including phenoxy) is 1. The third-order valence-electron chi connectivity index (χ3n) is 5.83. The number of phenols is 1. The number of hydrogen-bond acceptors (Lipinski definition) is 2. The molecule has 0 aromatic heterocycles. The first-order chi connectivity index (χ1) is 14.3. The molecule has 0 heterocycles. The highest BCUT2D eigenvalue weighted by Gasteiger charge is 1.97. The van der Waals surface area contributed by atoms with E-state index in [1.807, 2.05) is 12.1 Å². The molecule has 0 amide bonds. The second kappa shape index (κ2) is 20.1. The van der Waals surface area contributed by atoms with Gasteiger partial charge in [0, 0.05) is 6.07 Å². The van der Waals surface area contributed by atoms with E-state index in [4.69, 9.17) is 4.74 Å². The zero-order valence-electron chi connectivity index (χ0n) is 19.3. The lowest BCUT2D eigenvalue weighted by Gasteiger charge is -2.06. The molecular formula is C27H48O2. The van der Waals surface area contributed by atoms with E-state index in [-0.39, 0.29) is 5.75 Å². The standard InChI is InChI=1S/C27H48O2/c1-2-3-4-5-6-7-8-9-10-11-12-13-14-15-16-17-18-19-20-24-29-27-23-21-22-26(28)25-27/h21-23,25,28H,2-20,24H2,1H3. The summed E-state index contributed by atoms with van der Waals surface area (Å²) < 4.78 is 5.66. The zero-order valence-corrected chi connectivity index (χ0v) is 19.3. The molecule has 1 N–H and O–H groups in total. The first-order valence-electron chi connectivity index (χ1n) is 12.7. The molecule has 0 aliphatic heterocycles. The molecule has 0 atom stereocenters. The molecule has 2 nitrogen and oxygen atoms in total. The Bertz CT molecular complexity index is 458. The lowest BCUT2D eigenvalue weighted by molar-refractivity contribution is 0.302. The lowest BCUT2D eigenvalue weighted by Crippen LogP contribution is -1.97. The molecule has 2 heteroatoms. The van der Waals surface area contributed by atoms with Gasteiger partial charge in [0.2, 0.25) is 0 Å². The van der Waals surface area contributed by atoms with E-state index in [0.717, 1.165) is 18.8 Å². The van der Waals surface area contributed by atoms with Crippen LogP contribution in [0.5, 0.6) is 11.5 Å². The van der Waals surface area contributed by atoms with Crippen LogP contribution in [0.15, 0.2) is 24.3 Å². The van der Waals surface area contributed by atoms with Crippen LogP contribution in [0.4, 0.5) is 0 Å². The predicted molar refractivity (Wildman–Crippen MR) is 127 cm³/mol. The van der Waals surface area contributed by atoms with Crippen LogP contribution in [0.2, 0.25) is 0 Å². The van der Waals surface area contributed by atoms with E-state index in [2.05, 4.69) is 6.92 Å². The number of phenolic OH excluding ortho intramolecular Hbond substituents is 1. The molecular weight excluding hydrogens is 356 g/mol. The van der Waals surface area contributed by atoms with Crippen molar-refractivity contribution in [3.63, 3.8) is 0 Å². The van der Waals surface area contributed by atoms with Gasteiger partial charge in [-0.15, -0.1) is 0 Å². The zero-order chi connectivity index (χ0) is 20.8. The number of rotatable bonds is 21. The third kappa shape index (κ3) is 17.4. The van der Waals surface area contributed by atoms with E-state index in [9.17, 15) is 5.11 Å². The van der Waals surface area contributed by atoms with E-state index in [0.29, 0.717) is 0 Å². The lowest BCUT2D eigenvalue weighted by atomic mass is 10.0. The van der Waals surface area contributed by atoms with Crippen molar-refractivity contribution >= 4 is 0 Å². The molecule has 29 heavy (non-hydrogen) atoms. The van der Waals surface area contributed by atoms with Gasteiger partial charge in [0.15, 0.2) is 0 Å². The summed E-state index contributed by atoms with van der Waals surface area (Å²) in [6.45, 7) is 3.04. The van der Waals surface area contributed by atoms with Crippen LogP contribution < -0.4 is 4.74 Å². The average molecular weight is 405 g/mol. The molecule has 0 aliphatic rings. The molecule has 0 radical (unpaired) electrons. The molecule has 1 rings (SSSR count). The van der Waals surface area contributed by atoms with Crippen molar-refractivity contribution in [2.45, 2.75) is 129 Å². The van der Waals surface area contributed by atoms with E-state index in [1.165, 1.54) is 116 Å². The Morgan fingerprint density at radius 1 is 0.586 bits per heavy atom. The number of benzene rings is 1. The van der Waals surface area contributed by atoms with Crippen molar-refractivity contribution in [1.29, 1.82) is 0 Å². The summed E-state index contributed by atoms with van der Waals surface area (Å²) in [6.07, 6.45) is 26.6. The largest absolute Gasteiger partial charge is 0.508 e. The van der Waals surface area contributed by atoms with Crippen molar-refractivity contribution in [2.24, 2.45) is 0 Å². The number of hydrogen-bond donors (Lipinski definition) is 1. The fourth-order valence-electron chi connectivity index (χ4n) is 3.94. The maximum atomic E-state index is 9.40. The molecule has 0 unspecified atom stereocenters. The third-order valence-corrected chi connectivity index (χ3v) is 5.83. The first-order valence-corrected chi connectivity index (χ1v) is 12.7. The smallest absolute Gasteiger partial charge is 0.122 e. The predicted octanol–water partition coefficient (Wildman–Crippen LogP) is 9.20. The van der Waals surface area contributed by atoms with Crippen molar-refractivity contribution < 1.29 is 9.84 Å². The Morgan fingerprint density at radius 2 is 1.00 bits per heavy atom. The maximum Gasteiger partial charge on any atom is 0.122 e. The second-order valence-corrected chi connectivity index (χ2v) is 8.71. The highest BCUT2D eigenvalue weighted by molar-refractivity contribution is 5.31. The monoisotopic (exact) mass is 404 g/mol. The molecule has 1 aromatic rings. The fraction of sp³-hybridized carbons (Fsp3) is 0.778. The Hall–Kier alpha value is -1.18. The Balaban J connectivity index is 1.70. The normalized spacial score (nSPS) is 11.1. The highest BCUT2D eigenvalue weighted by atomic mass is 16.5. The van der Waals surface area contributed by atoms with Crippen LogP contribution in [0.1, 0.15) is 129 Å². The summed E-state index contributed by atoms with van der Waals surface area (Å²) >= 11 is 0. The first kappa shape index (κ1) is 25.9. The van der Waals surface area contributed by atoms with E-state index in [1.54, 1.807) is 12.1 Å². The van der Waals surface area contributed by atoms with Gasteiger partial charge in [-0.05, 0) is 18.6 Å². The maximum absolute atomic E-state index is 9.40. The molecule has 1 aromatic carbocycles. The van der Waals surface area contributed by atoms with Gasteiger partial charge in [0.25, 0.3) is 0 Å². The van der Waals surface area contributed by atoms with Crippen molar-refractivity contribution in [3.05, 3.63) is 24.3 Å². The van der Waals surface area contributed by atoms with Crippen LogP contribution in [-0.4, -0.2) is 11.7 Å². The molecule has 168 valence electrons. The van der Waals surface area contributed by atoms with Crippen LogP contribution in [0.3, 0.4) is 0 Å². The summed E-state index contributed by atoms with van der Waals surface area (Å²) in [5, 5.41) is 9.40. The van der Waals surface area contributed by atoms with Crippen molar-refractivity contribution in [2.75, 3.05) is 6.61 Å². The topological polar surface area (TPSA) is 29.5 Å². The minimum absolute atomic E-state index is 0.274. The summed E-state index contributed by atoms with van der Waals surface area (Å²) in [5.74, 6) is 1.04. The quantitative estimate of drug-likeness (QED) is 0.207. The number of aromatic hydroxyl groups is 1. The van der Waals surface area contributed by atoms with Gasteiger partial charge in [0.05, 0.1) is 6.61 Å². The molecule has 0 saturated heterocycles. The van der Waals surface area contributed by atoms with Gasteiger partial charge in [-0.1, -0.05) is 129 Å². The van der Waals surface area contributed by atoms with Crippen LogP contribution >= 0.6 is 0 Å². The van der Waals surface area contributed by atoms with Crippen molar-refractivity contribution in [3.8, 4) is 11.5 Å². The Morgan fingerprint density at radius 3 is 1.41 bits per heavy atom. The summed E-state index contributed by atoms with van der Waals surface area (Å²) in [6, 6.07) is 7.07.